The first-order valence-electron chi connectivity index (χ1n) is 6.24. The highest BCUT2D eigenvalue weighted by Crippen LogP contribution is 2.21. The molecule has 1 aromatic heterocycles. The lowest BCUT2D eigenvalue weighted by molar-refractivity contribution is 0.621. The number of fused-ring (bicyclic) bond motifs is 1. The van der Waals surface area contributed by atoms with Crippen molar-refractivity contribution >= 4 is 32.7 Å². The molecule has 102 valence electrons. The molecular formula is C15H13BrFN3. The molecule has 0 spiro atoms. The van der Waals surface area contributed by atoms with Gasteiger partial charge in [0.1, 0.15) is 11.6 Å². The van der Waals surface area contributed by atoms with Crippen molar-refractivity contribution in [1.29, 1.82) is 0 Å². The van der Waals surface area contributed by atoms with E-state index in [0.717, 1.165) is 22.5 Å². The van der Waals surface area contributed by atoms with Crippen molar-refractivity contribution in [3.8, 4) is 0 Å². The number of nitrogens with zero attached hydrogens (tertiary/aromatic N) is 2. The molecule has 0 aliphatic carbocycles. The van der Waals surface area contributed by atoms with E-state index in [2.05, 4.69) is 30.8 Å². The number of nitrogens with one attached hydrogen (secondary N) is 1. The van der Waals surface area contributed by atoms with Crippen molar-refractivity contribution in [3.63, 3.8) is 0 Å². The van der Waals surface area contributed by atoms with Gasteiger partial charge >= 0.3 is 0 Å². The van der Waals surface area contributed by atoms with E-state index in [4.69, 9.17) is 0 Å². The first-order valence-corrected chi connectivity index (χ1v) is 7.04. The zero-order chi connectivity index (χ0) is 14.1. The van der Waals surface area contributed by atoms with Crippen molar-refractivity contribution in [2.75, 3.05) is 5.32 Å². The largest absolute Gasteiger partial charge is 0.378 e. The van der Waals surface area contributed by atoms with Crippen LogP contribution in [0.4, 0.5) is 10.1 Å². The monoisotopic (exact) mass is 333 g/mol. The van der Waals surface area contributed by atoms with Gasteiger partial charge in [-0.25, -0.2) is 9.37 Å². The van der Waals surface area contributed by atoms with Crippen LogP contribution in [0.5, 0.6) is 0 Å². The van der Waals surface area contributed by atoms with Gasteiger partial charge in [0.2, 0.25) is 0 Å². The zero-order valence-electron chi connectivity index (χ0n) is 10.9. The third-order valence-electron chi connectivity index (χ3n) is 3.25. The highest BCUT2D eigenvalue weighted by Gasteiger charge is 2.07. The van der Waals surface area contributed by atoms with Gasteiger partial charge in [-0.05, 0) is 46.3 Å². The van der Waals surface area contributed by atoms with Gasteiger partial charge in [-0.3, -0.25) is 0 Å². The fourth-order valence-electron chi connectivity index (χ4n) is 2.14. The van der Waals surface area contributed by atoms with E-state index in [1.54, 1.807) is 12.1 Å². The normalized spacial score (nSPS) is 10.9. The number of hydrogen-bond acceptors (Lipinski definition) is 2. The second kappa shape index (κ2) is 5.25. The van der Waals surface area contributed by atoms with Gasteiger partial charge in [0, 0.05) is 12.7 Å². The summed E-state index contributed by atoms with van der Waals surface area (Å²) in [5.74, 6) is 0.671. The van der Waals surface area contributed by atoms with Gasteiger partial charge in [-0.2, -0.15) is 0 Å². The summed E-state index contributed by atoms with van der Waals surface area (Å²) < 4.78 is 15.7. The molecule has 0 aliphatic heterocycles. The minimum absolute atomic E-state index is 0.265. The van der Waals surface area contributed by atoms with Gasteiger partial charge in [-0.1, -0.05) is 12.1 Å². The van der Waals surface area contributed by atoms with Crippen molar-refractivity contribution in [2.24, 2.45) is 7.05 Å². The van der Waals surface area contributed by atoms with Crippen LogP contribution in [0.2, 0.25) is 0 Å². The second-order valence-electron chi connectivity index (χ2n) is 4.56. The molecule has 3 rings (SSSR count). The molecule has 2 aromatic carbocycles. The molecule has 0 radical (unpaired) electrons. The lowest BCUT2D eigenvalue weighted by atomic mass is 10.3. The average Bonchev–Trinajstić information content (AvgIpc) is 2.77. The van der Waals surface area contributed by atoms with Crippen LogP contribution in [0, 0.1) is 5.82 Å². The fourth-order valence-corrected chi connectivity index (χ4v) is 2.52. The second-order valence-corrected chi connectivity index (χ2v) is 5.41. The Morgan fingerprint density at radius 1 is 1.25 bits per heavy atom. The third kappa shape index (κ3) is 2.41. The van der Waals surface area contributed by atoms with Crippen LogP contribution in [0.3, 0.4) is 0 Å². The van der Waals surface area contributed by atoms with Crippen molar-refractivity contribution < 1.29 is 4.39 Å². The van der Waals surface area contributed by atoms with Crippen LogP contribution in [-0.2, 0) is 13.6 Å². The Labute approximate surface area is 124 Å². The van der Waals surface area contributed by atoms with E-state index in [0.29, 0.717) is 11.0 Å². The Morgan fingerprint density at radius 3 is 2.80 bits per heavy atom. The quantitative estimate of drug-likeness (QED) is 0.782. The van der Waals surface area contributed by atoms with Crippen molar-refractivity contribution in [3.05, 3.63) is 58.6 Å². The predicted molar refractivity (Wildman–Crippen MR) is 82.1 cm³/mol. The first-order chi connectivity index (χ1) is 9.65. The summed E-state index contributed by atoms with van der Waals surface area (Å²) in [7, 11) is 1.99. The average molecular weight is 334 g/mol. The molecule has 0 fully saturated rings. The summed E-state index contributed by atoms with van der Waals surface area (Å²) in [6.45, 7) is 0.587. The summed E-state index contributed by atoms with van der Waals surface area (Å²) >= 11 is 3.18. The number of aromatic nitrogens is 2. The molecule has 0 saturated carbocycles. The van der Waals surface area contributed by atoms with E-state index < -0.39 is 0 Å². The molecule has 0 aliphatic rings. The maximum atomic E-state index is 13.2. The number of hydrogen-bond donors (Lipinski definition) is 1. The van der Waals surface area contributed by atoms with Crippen LogP contribution in [0.1, 0.15) is 5.82 Å². The molecule has 5 heteroatoms. The van der Waals surface area contributed by atoms with Gasteiger partial charge in [0.05, 0.1) is 22.1 Å². The molecule has 0 bridgehead atoms. The summed E-state index contributed by atoms with van der Waals surface area (Å²) in [5.41, 5.74) is 2.93. The zero-order valence-corrected chi connectivity index (χ0v) is 12.5. The third-order valence-corrected chi connectivity index (χ3v) is 3.86. The lowest BCUT2D eigenvalue weighted by Crippen LogP contribution is -2.06. The molecule has 3 nitrogen and oxygen atoms in total. The molecule has 1 heterocycles. The molecule has 0 saturated heterocycles. The SMILES string of the molecule is Cn1c(CNc2ccc(F)c(Br)c2)nc2ccccc21. The maximum absolute atomic E-state index is 13.2. The maximum Gasteiger partial charge on any atom is 0.137 e. The highest BCUT2D eigenvalue weighted by atomic mass is 79.9. The Balaban J connectivity index is 1.83. The summed E-state index contributed by atoms with van der Waals surface area (Å²) in [6.07, 6.45) is 0. The molecule has 0 amide bonds. The number of aryl methyl sites for hydroxylation is 1. The number of halogens is 2. The van der Waals surface area contributed by atoms with E-state index >= 15 is 0 Å². The smallest absolute Gasteiger partial charge is 0.137 e. The van der Waals surface area contributed by atoms with Crippen LogP contribution in [0.15, 0.2) is 46.9 Å². The first kappa shape index (κ1) is 13.1. The number of para-hydroxylation sites is 2. The number of anilines is 1. The number of imidazole rings is 1. The van der Waals surface area contributed by atoms with Gasteiger partial charge in [0.25, 0.3) is 0 Å². The van der Waals surface area contributed by atoms with Crippen molar-refractivity contribution in [1.82, 2.24) is 9.55 Å². The van der Waals surface area contributed by atoms with Gasteiger partial charge in [0.15, 0.2) is 0 Å². The summed E-state index contributed by atoms with van der Waals surface area (Å²) in [4.78, 5) is 4.58. The van der Waals surface area contributed by atoms with Crippen LogP contribution >= 0.6 is 15.9 Å². The molecule has 0 atom stereocenters. The van der Waals surface area contributed by atoms with E-state index in [-0.39, 0.29) is 5.82 Å². The van der Waals surface area contributed by atoms with Crippen molar-refractivity contribution in [2.45, 2.75) is 6.54 Å². The summed E-state index contributed by atoms with van der Waals surface area (Å²) in [6, 6.07) is 12.9. The number of benzene rings is 2. The fraction of sp³-hybridized carbons (Fsp3) is 0.133. The minimum Gasteiger partial charge on any atom is -0.378 e. The van der Waals surface area contributed by atoms with E-state index in [1.807, 2.05) is 31.3 Å². The molecule has 1 N–H and O–H groups in total. The Bertz CT molecular complexity index is 767. The van der Waals surface area contributed by atoms with Crippen LogP contribution < -0.4 is 5.32 Å². The topological polar surface area (TPSA) is 29.9 Å². The predicted octanol–water partition coefficient (Wildman–Crippen LogP) is 4.09. The van der Waals surface area contributed by atoms with E-state index in [9.17, 15) is 4.39 Å². The molecular weight excluding hydrogens is 321 g/mol. The molecule has 0 unspecified atom stereocenters. The van der Waals surface area contributed by atoms with Crippen LogP contribution in [-0.4, -0.2) is 9.55 Å². The lowest BCUT2D eigenvalue weighted by Gasteiger charge is -2.07. The number of rotatable bonds is 3. The minimum atomic E-state index is -0.265. The van der Waals surface area contributed by atoms with Crippen LogP contribution in [0.25, 0.3) is 11.0 Å². The standard InChI is InChI=1S/C15H13BrFN3/c1-20-14-5-3-2-4-13(14)19-15(20)9-18-10-6-7-12(17)11(16)8-10/h2-8,18H,9H2,1H3. The molecule has 3 aromatic rings. The van der Waals surface area contributed by atoms with Gasteiger partial charge in [-0.15, -0.1) is 0 Å². The highest BCUT2D eigenvalue weighted by molar-refractivity contribution is 9.10. The Morgan fingerprint density at radius 2 is 2.05 bits per heavy atom. The Kier molecular flexibility index (Phi) is 3.44. The van der Waals surface area contributed by atoms with Gasteiger partial charge < -0.3 is 9.88 Å². The van der Waals surface area contributed by atoms with E-state index in [1.165, 1.54) is 6.07 Å². The summed E-state index contributed by atoms with van der Waals surface area (Å²) in [5, 5.41) is 3.25. The molecule has 20 heavy (non-hydrogen) atoms. The Hall–Kier alpha value is -1.88.